The van der Waals surface area contributed by atoms with E-state index in [9.17, 15) is 4.79 Å². The molecule has 0 saturated carbocycles. The Morgan fingerprint density at radius 3 is 2.07 bits per heavy atom. The second kappa shape index (κ2) is 8.46. The molecular weight excluding hydrogens is 348 g/mol. The lowest BCUT2D eigenvalue weighted by Gasteiger charge is -2.29. The lowest BCUT2D eigenvalue weighted by atomic mass is 9.72. The third kappa shape index (κ3) is 3.47. The number of morpholine rings is 1. The molecule has 0 aliphatic carbocycles. The van der Waals surface area contributed by atoms with Crippen molar-refractivity contribution < 1.29 is 9.53 Å². The molecule has 1 atom stereocenters. The molecular formula is C24H30N2O2. The van der Waals surface area contributed by atoms with Crippen molar-refractivity contribution in [2.24, 2.45) is 0 Å². The summed E-state index contributed by atoms with van der Waals surface area (Å²) in [5, 5.41) is 0. The van der Waals surface area contributed by atoms with Crippen LogP contribution in [0.3, 0.4) is 0 Å². The fourth-order valence-electron chi connectivity index (χ4n) is 4.87. The van der Waals surface area contributed by atoms with Gasteiger partial charge < -0.3 is 9.64 Å². The maximum absolute atomic E-state index is 13.8. The molecule has 0 bridgehead atoms. The van der Waals surface area contributed by atoms with Gasteiger partial charge in [0.1, 0.15) is 5.41 Å². The lowest BCUT2D eigenvalue weighted by molar-refractivity contribution is -0.132. The molecule has 2 saturated heterocycles. The number of hydrogen-bond donors (Lipinski definition) is 0. The molecule has 2 aromatic rings. The first-order valence-electron chi connectivity index (χ1n) is 10.5. The van der Waals surface area contributed by atoms with Crippen LogP contribution in [0.2, 0.25) is 0 Å². The number of carbonyl (C=O) groups is 1. The highest BCUT2D eigenvalue weighted by atomic mass is 16.5. The number of amides is 1. The van der Waals surface area contributed by atoms with Gasteiger partial charge in [-0.05, 0) is 30.9 Å². The molecule has 4 heteroatoms. The number of nitrogens with zero attached hydrogens (tertiary/aromatic N) is 2. The predicted molar refractivity (Wildman–Crippen MR) is 111 cm³/mol. The Morgan fingerprint density at radius 1 is 0.964 bits per heavy atom. The lowest BCUT2D eigenvalue weighted by Crippen LogP contribution is -2.41. The van der Waals surface area contributed by atoms with Crippen molar-refractivity contribution in [2.75, 3.05) is 39.4 Å². The van der Waals surface area contributed by atoms with Gasteiger partial charge in [-0.3, -0.25) is 9.69 Å². The molecule has 0 N–H and O–H groups in total. The Kier molecular flexibility index (Phi) is 5.79. The molecule has 2 aromatic carbocycles. The standard InChI is InChI=1S/C24H30N2O2/c1-2-26-22(13-14-25-15-17-28-18-16-25)19-24(23(26)27,20-9-5-3-6-10-20)21-11-7-4-8-12-21/h3-12,22H,2,13-19H2,1H3. The third-order valence-corrected chi connectivity index (χ3v) is 6.36. The van der Waals surface area contributed by atoms with E-state index in [1.807, 2.05) is 36.4 Å². The van der Waals surface area contributed by atoms with Gasteiger partial charge in [0.05, 0.1) is 13.2 Å². The normalized spacial score (nSPS) is 22.5. The Balaban J connectivity index is 1.65. The van der Waals surface area contributed by atoms with Crippen molar-refractivity contribution in [2.45, 2.75) is 31.2 Å². The van der Waals surface area contributed by atoms with Gasteiger partial charge in [0, 0.05) is 32.2 Å². The molecule has 1 amide bonds. The molecule has 2 fully saturated rings. The van der Waals surface area contributed by atoms with Gasteiger partial charge in [0.15, 0.2) is 0 Å². The minimum absolute atomic E-state index is 0.249. The summed E-state index contributed by atoms with van der Waals surface area (Å²) in [5.74, 6) is 0.249. The van der Waals surface area contributed by atoms with Crippen LogP contribution in [-0.2, 0) is 14.9 Å². The monoisotopic (exact) mass is 378 g/mol. The van der Waals surface area contributed by atoms with Gasteiger partial charge in [-0.25, -0.2) is 0 Å². The summed E-state index contributed by atoms with van der Waals surface area (Å²) >= 11 is 0. The summed E-state index contributed by atoms with van der Waals surface area (Å²) in [5.41, 5.74) is 1.64. The van der Waals surface area contributed by atoms with Crippen LogP contribution in [0.5, 0.6) is 0 Å². The number of benzene rings is 2. The fraction of sp³-hybridized carbons (Fsp3) is 0.458. The second-order valence-electron chi connectivity index (χ2n) is 7.83. The summed E-state index contributed by atoms with van der Waals surface area (Å²) in [6, 6.07) is 21.0. The Hall–Kier alpha value is -2.17. The summed E-state index contributed by atoms with van der Waals surface area (Å²) in [6.07, 6.45) is 1.86. The Labute approximate surface area is 168 Å². The van der Waals surface area contributed by atoms with Gasteiger partial charge >= 0.3 is 0 Å². The van der Waals surface area contributed by atoms with Crippen molar-refractivity contribution in [1.82, 2.24) is 9.80 Å². The van der Waals surface area contributed by atoms with E-state index in [4.69, 9.17) is 4.74 Å². The molecule has 4 nitrogen and oxygen atoms in total. The zero-order chi connectivity index (χ0) is 19.4. The van der Waals surface area contributed by atoms with E-state index < -0.39 is 5.41 Å². The van der Waals surface area contributed by atoms with Gasteiger partial charge in [-0.1, -0.05) is 60.7 Å². The summed E-state index contributed by atoms with van der Waals surface area (Å²) in [6.45, 7) is 7.51. The minimum atomic E-state index is -0.575. The van der Waals surface area contributed by atoms with E-state index in [1.165, 1.54) is 0 Å². The number of carbonyl (C=O) groups excluding carboxylic acids is 1. The van der Waals surface area contributed by atoms with Crippen molar-refractivity contribution in [3.8, 4) is 0 Å². The molecule has 1 unspecified atom stereocenters. The van der Waals surface area contributed by atoms with E-state index in [0.29, 0.717) is 0 Å². The Bertz CT molecular complexity index is 732. The maximum Gasteiger partial charge on any atom is 0.238 e. The molecule has 2 heterocycles. The summed E-state index contributed by atoms with van der Waals surface area (Å²) in [4.78, 5) is 18.4. The van der Waals surface area contributed by atoms with Crippen molar-refractivity contribution in [3.63, 3.8) is 0 Å². The summed E-state index contributed by atoms with van der Waals surface area (Å²) < 4.78 is 5.47. The molecule has 148 valence electrons. The van der Waals surface area contributed by atoms with E-state index in [2.05, 4.69) is 41.0 Å². The van der Waals surface area contributed by atoms with Crippen molar-refractivity contribution in [3.05, 3.63) is 71.8 Å². The zero-order valence-corrected chi connectivity index (χ0v) is 16.7. The molecule has 0 radical (unpaired) electrons. The number of ether oxygens (including phenoxy) is 1. The average Bonchev–Trinajstić information content (AvgIpc) is 3.06. The van der Waals surface area contributed by atoms with Crippen molar-refractivity contribution >= 4 is 5.91 Å². The van der Waals surface area contributed by atoms with Crippen LogP contribution in [0.4, 0.5) is 0 Å². The minimum Gasteiger partial charge on any atom is -0.379 e. The van der Waals surface area contributed by atoms with Gasteiger partial charge in [0.2, 0.25) is 5.91 Å². The third-order valence-electron chi connectivity index (χ3n) is 6.36. The van der Waals surface area contributed by atoms with Gasteiger partial charge in [0.25, 0.3) is 0 Å². The topological polar surface area (TPSA) is 32.8 Å². The highest BCUT2D eigenvalue weighted by Crippen LogP contribution is 2.45. The molecule has 0 aromatic heterocycles. The first kappa shape index (κ1) is 19.2. The average molecular weight is 379 g/mol. The summed E-state index contributed by atoms with van der Waals surface area (Å²) in [7, 11) is 0. The number of likely N-dealkylation sites (tertiary alicyclic amines) is 1. The fourth-order valence-corrected chi connectivity index (χ4v) is 4.87. The van der Waals surface area contributed by atoms with Gasteiger partial charge in [-0.2, -0.15) is 0 Å². The van der Waals surface area contributed by atoms with Crippen LogP contribution in [0.25, 0.3) is 0 Å². The van der Waals surface area contributed by atoms with Gasteiger partial charge in [-0.15, -0.1) is 0 Å². The predicted octanol–water partition coefficient (Wildman–Crippen LogP) is 3.32. The molecule has 2 aliphatic rings. The van der Waals surface area contributed by atoms with Crippen LogP contribution in [-0.4, -0.2) is 61.1 Å². The molecule has 28 heavy (non-hydrogen) atoms. The van der Waals surface area contributed by atoms with Crippen LogP contribution >= 0.6 is 0 Å². The second-order valence-corrected chi connectivity index (χ2v) is 7.83. The Morgan fingerprint density at radius 2 is 1.54 bits per heavy atom. The van der Waals surface area contributed by atoms with Crippen molar-refractivity contribution in [1.29, 1.82) is 0 Å². The highest BCUT2D eigenvalue weighted by molar-refractivity contribution is 5.94. The van der Waals surface area contributed by atoms with E-state index in [0.717, 1.165) is 63.4 Å². The highest BCUT2D eigenvalue weighted by Gasteiger charge is 2.52. The maximum atomic E-state index is 13.8. The quantitative estimate of drug-likeness (QED) is 0.773. The SMILES string of the molecule is CCN1C(=O)C(c2ccccc2)(c2ccccc2)CC1CCN1CCOCC1. The van der Waals surface area contributed by atoms with Crippen LogP contribution in [0.1, 0.15) is 30.9 Å². The first-order valence-corrected chi connectivity index (χ1v) is 10.5. The van der Waals surface area contributed by atoms with E-state index in [1.54, 1.807) is 0 Å². The molecule has 2 aliphatic heterocycles. The number of hydrogen-bond acceptors (Lipinski definition) is 3. The van der Waals surface area contributed by atoms with Crippen LogP contribution < -0.4 is 0 Å². The first-order chi connectivity index (χ1) is 13.8. The largest absolute Gasteiger partial charge is 0.379 e. The zero-order valence-electron chi connectivity index (χ0n) is 16.7. The van der Waals surface area contributed by atoms with E-state index in [-0.39, 0.29) is 11.9 Å². The van der Waals surface area contributed by atoms with E-state index >= 15 is 0 Å². The molecule has 4 rings (SSSR count). The number of likely N-dealkylation sites (N-methyl/N-ethyl adjacent to an activating group) is 1. The number of rotatable bonds is 6. The smallest absolute Gasteiger partial charge is 0.238 e. The molecule has 0 spiro atoms. The van der Waals surface area contributed by atoms with Crippen LogP contribution in [0, 0.1) is 0 Å². The van der Waals surface area contributed by atoms with Crippen LogP contribution in [0.15, 0.2) is 60.7 Å².